The summed E-state index contributed by atoms with van der Waals surface area (Å²) in [7, 11) is 0. The number of aliphatic hydroxyl groups is 1. The van der Waals surface area contributed by atoms with E-state index in [1.54, 1.807) is 6.20 Å². The van der Waals surface area contributed by atoms with Crippen LogP contribution in [0.15, 0.2) is 18.5 Å². The number of aliphatic hydroxyl groups excluding tert-OH is 1. The highest BCUT2D eigenvalue weighted by Gasteiger charge is 2.36. The van der Waals surface area contributed by atoms with Gasteiger partial charge in [-0.25, -0.2) is 4.98 Å². The number of anilines is 1. The average molecular weight is 328 g/mol. The van der Waals surface area contributed by atoms with Crippen LogP contribution in [0.1, 0.15) is 42.5 Å². The highest BCUT2D eigenvalue weighted by Crippen LogP contribution is 2.43. The van der Waals surface area contributed by atoms with Crippen molar-refractivity contribution in [2.45, 2.75) is 38.1 Å². The van der Waals surface area contributed by atoms with Crippen LogP contribution in [0, 0.1) is 17.8 Å². The van der Waals surface area contributed by atoms with Crippen molar-refractivity contribution in [1.29, 1.82) is 0 Å². The lowest BCUT2D eigenvalue weighted by atomic mass is 9.66. The highest BCUT2D eigenvalue weighted by molar-refractivity contribution is 6.05. The Labute approximate surface area is 140 Å². The van der Waals surface area contributed by atoms with E-state index in [4.69, 9.17) is 5.73 Å². The monoisotopic (exact) mass is 328 g/mol. The second-order valence-electron chi connectivity index (χ2n) is 7.45. The largest absolute Gasteiger partial charge is 0.396 e. The fraction of sp³-hybridized carbons (Fsp3) is 0.556. The first-order valence-corrected chi connectivity index (χ1v) is 8.77. The maximum absolute atomic E-state index is 11.8. The molecule has 1 amide bonds. The minimum Gasteiger partial charge on any atom is -0.396 e. The molecule has 4 atom stereocenters. The predicted molar refractivity (Wildman–Crippen MR) is 92.7 cm³/mol. The van der Waals surface area contributed by atoms with Gasteiger partial charge in [-0.1, -0.05) is 0 Å². The van der Waals surface area contributed by atoms with Gasteiger partial charge in [0.2, 0.25) is 0 Å². The molecule has 0 aliphatic heterocycles. The van der Waals surface area contributed by atoms with Crippen LogP contribution in [-0.2, 0) is 0 Å². The number of carbonyl (C=O) groups is 1. The topological polar surface area (TPSA) is 104 Å². The predicted octanol–water partition coefficient (Wildman–Crippen LogP) is 2.26. The third-order valence-corrected chi connectivity index (χ3v) is 5.69. The summed E-state index contributed by atoms with van der Waals surface area (Å²) in [5.74, 6) is 1.33. The number of H-pyrrole nitrogens is 1. The first-order valence-electron chi connectivity index (χ1n) is 8.77. The number of pyridine rings is 1. The van der Waals surface area contributed by atoms with Gasteiger partial charge in [-0.2, -0.15) is 0 Å². The van der Waals surface area contributed by atoms with Gasteiger partial charge in [0.25, 0.3) is 5.91 Å². The summed E-state index contributed by atoms with van der Waals surface area (Å²) in [6.45, 7) is 0.311. The third kappa shape index (κ3) is 2.75. The Bertz CT molecular complexity index is 743. The van der Waals surface area contributed by atoms with Crippen molar-refractivity contribution >= 4 is 22.6 Å². The summed E-state index contributed by atoms with van der Waals surface area (Å²) < 4.78 is 0. The van der Waals surface area contributed by atoms with Crippen LogP contribution >= 0.6 is 0 Å². The van der Waals surface area contributed by atoms with Crippen molar-refractivity contribution in [2.75, 3.05) is 11.9 Å². The van der Waals surface area contributed by atoms with Crippen LogP contribution in [0.5, 0.6) is 0 Å². The Morgan fingerprint density at radius 1 is 1.29 bits per heavy atom. The summed E-state index contributed by atoms with van der Waals surface area (Å²) in [5, 5.41) is 14.0. The van der Waals surface area contributed by atoms with Gasteiger partial charge in [-0.15, -0.1) is 0 Å². The summed E-state index contributed by atoms with van der Waals surface area (Å²) in [5.41, 5.74) is 7.57. The van der Waals surface area contributed by atoms with Crippen molar-refractivity contribution in [1.82, 2.24) is 9.97 Å². The smallest absolute Gasteiger partial charge is 0.252 e. The Kier molecular flexibility index (Phi) is 3.92. The number of aromatic amines is 1. The summed E-state index contributed by atoms with van der Waals surface area (Å²) in [6, 6.07) is 2.27. The molecule has 0 radical (unpaired) electrons. The van der Waals surface area contributed by atoms with Gasteiger partial charge in [0.15, 0.2) is 0 Å². The molecular weight excluding hydrogens is 304 g/mol. The van der Waals surface area contributed by atoms with Gasteiger partial charge in [-0.3, -0.25) is 4.79 Å². The number of primary amides is 1. The molecule has 0 aromatic carbocycles. The van der Waals surface area contributed by atoms with Crippen LogP contribution in [0.2, 0.25) is 0 Å². The molecule has 2 saturated carbocycles. The first kappa shape index (κ1) is 15.4. The number of nitrogens with one attached hydrogen (secondary N) is 2. The van der Waals surface area contributed by atoms with Crippen molar-refractivity contribution in [3.05, 3.63) is 24.0 Å². The average Bonchev–Trinajstić information content (AvgIpc) is 3.03. The Morgan fingerprint density at radius 2 is 2.04 bits per heavy atom. The van der Waals surface area contributed by atoms with Crippen LogP contribution in [-0.4, -0.2) is 33.6 Å². The zero-order valence-electron chi connectivity index (χ0n) is 13.7. The molecule has 2 aromatic rings. The quantitative estimate of drug-likeness (QED) is 0.691. The lowest BCUT2D eigenvalue weighted by Gasteiger charge is -2.42. The molecule has 0 saturated heterocycles. The zero-order valence-corrected chi connectivity index (χ0v) is 13.7. The van der Waals surface area contributed by atoms with Gasteiger partial charge in [-0.05, 0) is 55.9 Å². The van der Waals surface area contributed by atoms with Gasteiger partial charge in [0.1, 0.15) is 5.65 Å². The molecule has 4 rings (SSSR count). The van der Waals surface area contributed by atoms with E-state index in [2.05, 4.69) is 15.3 Å². The van der Waals surface area contributed by atoms with Crippen molar-refractivity contribution in [3.63, 3.8) is 0 Å². The number of rotatable bonds is 4. The van der Waals surface area contributed by atoms with Gasteiger partial charge in [0.05, 0.1) is 11.3 Å². The molecule has 128 valence electrons. The van der Waals surface area contributed by atoms with E-state index in [9.17, 15) is 9.90 Å². The SMILES string of the molecule is NC(=O)c1cnc2[nH]ccc2c1NC1C[C@H]2CC(CO)C[C@@H](C1)C2. The fourth-order valence-corrected chi connectivity index (χ4v) is 4.81. The second kappa shape index (κ2) is 6.09. The van der Waals surface area contributed by atoms with Crippen molar-refractivity contribution in [3.8, 4) is 0 Å². The van der Waals surface area contributed by atoms with Crippen LogP contribution in [0.25, 0.3) is 11.0 Å². The third-order valence-electron chi connectivity index (χ3n) is 5.69. The molecule has 5 N–H and O–H groups in total. The molecule has 24 heavy (non-hydrogen) atoms. The summed E-state index contributed by atoms with van der Waals surface area (Å²) in [6.07, 6.45) is 9.05. The Hall–Kier alpha value is -2.08. The maximum Gasteiger partial charge on any atom is 0.252 e. The number of hydrogen-bond acceptors (Lipinski definition) is 4. The Morgan fingerprint density at radius 3 is 2.71 bits per heavy atom. The van der Waals surface area contributed by atoms with E-state index in [1.807, 2.05) is 12.3 Å². The second-order valence-corrected chi connectivity index (χ2v) is 7.45. The normalized spacial score (nSPS) is 29.5. The molecule has 0 spiro atoms. The highest BCUT2D eigenvalue weighted by atomic mass is 16.3. The first-order chi connectivity index (χ1) is 11.6. The van der Waals surface area contributed by atoms with E-state index in [0.29, 0.717) is 36.0 Å². The van der Waals surface area contributed by atoms with E-state index in [0.717, 1.165) is 42.4 Å². The van der Waals surface area contributed by atoms with E-state index in [1.165, 1.54) is 6.42 Å². The van der Waals surface area contributed by atoms with E-state index >= 15 is 0 Å². The molecule has 2 aliphatic rings. The molecule has 6 heteroatoms. The lowest BCUT2D eigenvalue weighted by molar-refractivity contribution is 0.0875. The molecule has 2 aliphatic carbocycles. The number of nitrogens with two attached hydrogens (primary N) is 1. The van der Waals surface area contributed by atoms with Crippen LogP contribution in [0.3, 0.4) is 0 Å². The summed E-state index contributed by atoms with van der Waals surface area (Å²) in [4.78, 5) is 19.2. The maximum atomic E-state index is 11.8. The van der Waals surface area contributed by atoms with Gasteiger partial charge < -0.3 is 21.1 Å². The number of nitrogens with zero attached hydrogens (tertiary/aromatic N) is 1. The molecule has 2 unspecified atom stereocenters. The number of amides is 1. The number of fused-ring (bicyclic) bond motifs is 3. The van der Waals surface area contributed by atoms with E-state index in [-0.39, 0.29) is 0 Å². The lowest BCUT2D eigenvalue weighted by Crippen LogP contribution is -2.38. The van der Waals surface area contributed by atoms with Gasteiger partial charge in [0, 0.05) is 30.4 Å². The van der Waals surface area contributed by atoms with E-state index < -0.39 is 5.91 Å². The minimum atomic E-state index is -0.454. The Balaban J connectivity index is 1.60. The molecule has 2 fully saturated rings. The summed E-state index contributed by atoms with van der Waals surface area (Å²) >= 11 is 0. The number of carbonyl (C=O) groups excluding carboxylic acids is 1. The van der Waals surface area contributed by atoms with Gasteiger partial charge >= 0.3 is 0 Å². The molecule has 2 bridgehead atoms. The molecular formula is C18H24N4O2. The standard InChI is InChI=1S/C18H24N4O2/c19-17(24)15-8-21-18-14(1-2-20-18)16(15)22-13-6-10-3-11(7-13)5-12(4-10)9-23/h1-2,8,10-13,23H,3-7,9H2,(H2,19,24)(H2,20,21,22)/t10-,11+,12?,13?. The van der Waals surface area contributed by atoms with Crippen molar-refractivity contribution < 1.29 is 9.90 Å². The minimum absolute atomic E-state index is 0.311. The fourth-order valence-electron chi connectivity index (χ4n) is 4.81. The molecule has 2 aromatic heterocycles. The zero-order chi connectivity index (χ0) is 16.7. The van der Waals surface area contributed by atoms with Crippen LogP contribution < -0.4 is 11.1 Å². The molecule has 2 heterocycles. The number of hydrogen-bond donors (Lipinski definition) is 4. The van der Waals surface area contributed by atoms with Crippen LogP contribution in [0.4, 0.5) is 5.69 Å². The number of aromatic nitrogens is 2. The molecule has 6 nitrogen and oxygen atoms in total. The van der Waals surface area contributed by atoms with Crippen molar-refractivity contribution in [2.24, 2.45) is 23.5 Å².